The standard InChI is InChI=1S/C14H18N4O2S/c1-20-9-5-8-15-13(19)10-21-14-17-16-11-18(14)12-6-3-2-4-7-12/h2-4,6-7,11H,5,8-10H2,1H3,(H,15,19). The minimum Gasteiger partial charge on any atom is -0.385 e. The van der Waals surface area contributed by atoms with Gasteiger partial charge < -0.3 is 10.1 Å². The molecule has 0 atom stereocenters. The van der Waals surface area contributed by atoms with Gasteiger partial charge in [0.15, 0.2) is 5.16 Å². The van der Waals surface area contributed by atoms with Crippen LogP contribution in [0.5, 0.6) is 0 Å². The van der Waals surface area contributed by atoms with Gasteiger partial charge in [-0.3, -0.25) is 9.36 Å². The molecule has 0 saturated heterocycles. The minimum absolute atomic E-state index is 0.0151. The second-order valence-electron chi connectivity index (χ2n) is 4.30. The maximum Gasteiger partial charge on any atom is 0.230 e. The van der Waals surface area contributed by atoms with Crippen molar-refractivity contribution in [3.8, 4) is 5.69 Å². The number of amides is 1. The molecule has 0 spiro atoms. The first-order valence-corrected chi connectivity index (χ1v) is 7.63. The summed E-state index contributed by atoms with van der Waals surface area (Å²) in [4.78, 5) is 11.7. The van der Waals surface area contributed by atoms with E-state index in [1.807, 2.05) is 34.9 Å². The van der Waals surface area contributed by atoms with Crippen LogP contribution in [-0.2, 0) is 9.53 Å². The van der Waals surface area contributed by atoms with E-state index < -0.39 is 0 Å². The summed E-state index contributed by atoms with van der Waals surface area (Å²) in [5.41, 5.74) is 0.977. The second-order valence-corrected chi connectivity index (χ2v) is 5.25. The molecule has 112 valence electrons. The van der Waals surface area contributed by atoms with E-state index in [9.17, 15) is 4.79 Å². The number of aromatic nitrogens is 3. The molecule has 0 fully saturated rings. The summed E-state index contributed by atoms with van der Waals surface area (Å²) in [6, 6.07) is 9.79. The Hall–Kier alpha value is -1.86. The zero-order chi connectivity index (χ0) is 14.9. The highest BCUT2D eigenvalue weighted by atomic mass is 32.2. The Balaban J connectivity index is 1.84. The van der Waals surface area contributed by atoms with Gasteiger partial charge in [-0.2, -0.15) is 0 Å². The fraction of sp³-hybridized carbons (Fsp3) is 0.357. The number of nitrogens with one attached hydrogen (secondary N) is 1. The van der Waals surface area contributed by atoms with Crippen LogP contribution < -0.4 is 5.32 Å². The first-order chi connectivity index (χ1) is 10.3. The van der Waals surface area contributed by atoms with Gasteiger partial charge in [0.1, 0.15) is 6.33 Å². The van der Waals surface area contributed by atoms with Crippen LogP contribution in [0.15, 0.2) is 41.8 Å². The van der Waals surface area contributed by atoms with Gasteiger partial charge >= 0.3 is 0 Å². The number of hydrogen-bond acceptors (Lipinski definition) is 5. The topological polar surface area (TPSA) is 69.0 Å². The lowest BCUT2D eigenvalue weighted by Crippen LogP contribution is -2.26. The van der Waals surface area contributed by atoms with Gasteiger partial charge in [-0.15, -0.1) is 10.2 Å². The van der Waals surface area contributed by atoms with Gasteiger partial charge in [0.25, 0.3) is 0 Å². The van der Waals surface area contributed by atoms with E-state index in [0.29, 0.717) is 24.1 Å². The third-order valence-electron chi connectivity index (χ3n) is 2.73. The van der Waals surface area contributed by atoms with E-state index in [2.05, 4.69) is 15.5 Å². The molecule has 0 aliphatic rings. The number of thioether (sulfide) groups is 1. The second kappa shape index (κ2) is 8.43. The van der Waals surface area contributed by atoms with Crippen LogP contribution in [-0.4, -0.2) is 46.7 Å². The van der Waals surface area contributed by atoms with Crippen molar-refractivity contribution in [2.75, 3.05) is 26.0 Å². The molecule has 0 saturated carbocycles. The van der Waals surface area contributed by atoms with E-state index in [1.165, 1.54) is 11.8 Å². The molecule has 0 unspecified atom stereocenters. The molecule has 7 heteroatoms. The smallest absolute Gasteiger partial charge is 0.230 e. The third kappa shape index (κ3) is 4.87. The molecule has 1 amide bonds. The van der Waals surface area contributed by atoms with Gasteiger partial charge in [0.05, 0.1) is 5.75 Å². The number of hydrogen-bond donors (Lipinski definition) is 1. The SMILES string of the molecule is COCCCNC(=O)CSc1nncn1-c1ccccc1. The van der Waals surface area contributed by atoms with Crippen LogP contribution in [0.25, 0.3) is 5.69 Å². The van der Waals surface area contributed by atoms with Gasteiger partial charge in [-0.05, 0) is 18.6 Å². The number of carbonyl (C=O) groups excluding carboxylic acids is 1. The lowest BCUT2D eigenvalue weighted by molar-refractivity contribution is -0.118. The summed E-state index contributed by atoms with van der Waals surface area (Å²) in [6.45, 7) is 1.27. The van der Waals surface area contributed by atoms with Crippen molar-refractivity contribution in [3.63, 3.8) is 0 Å². The Bertz CT molecular complexity index is 559. The van der Waals surface area contributed by atoms with E-state index >= 15 is 0 Å². The predicted molar refractivity (Wildman–Crippen MR) is 81.6 cm³/mol. The monoisotopic (exact) mass is 306 g/mol. The third-order valence-corrected chi connectivity index (χ3v) is 3.67. The number of rotatable bonds is 8. The fourth-order valence-corrected chi connectivity index (χ4v) is 2.47. The molecular formula is C14H18N4O2S. The lowest BCUT2D eigenvalue weighted by Gasteiger charge is -2.06. The van der Waals surface area contributed by atoms with Crippen molar-refractivity contribution in [3.05, 3.63) is 36.7 Å². The van der Waals surface area contributed by atoms with Gasteiger partial charge in [0, 0.05) is 25.9 Å². The number of para-hydroxylation sites is 1. The number of nitrogens with zero attached hydrogens (tertiary/aromatic N) is 3. The summed E-state index contributed by atoms with van der Waals surface area (Å²) in [7, 11) is 1.65. The van der Waals surface area contributed by atoms with Gasteiger partial charge in [-0.25, -0.2) is 0 Å². The van der Waals surface area contributed by atoms with E-state index in [0.717, 1.165) is 12.1 Å². The van der Waals surface area contributed by atoms with Gasteiger partial charge in [-0.1, -0.05) is 30.0 Å². The molecule has 1 N–H and O–H groups in total. The Morgan fingerprint density at radius 3 is 2.95 bits per heavy atom. The molecule has 1 aromatic carbocycles. The minimum atomic E-state index is -0.0151. The molecule has 2 aromatic rings. The molecule has 0 aliphatic heterocycles. The Labute approximate surface area is 127 Å². The quantitative estimate of drug-likeness (QED) is 0.591. The summed E-state index contributed by atoms with van der Waals surface area (Å²) >= 11 is 1.37. The normalized spacial score (nSPS) is 10.5. The number of methoxy groups -OCH3 is 1. The lowest BCUT2D eigenvalue weighted by atomic mass is 10.3. The molecule has 0 aliphatic carbocycles. The van der Waals surface area contributed by atoms with Crippen molar-refractivity contribution >= 4 is 17.7 Å². The summed E-state index contributed by atoms with van der Waals surface area (Å²) < 4.78 is 6.79. The van der Waals surface area contributed by atoms with Crippen molar-refractivity contribution in [2.45, 2.75) is 11.6 Å². The first kappa shape index (κ1) is 15.5. The number of ether oxygens (including phenoxy) is 1. The molecular weight excluding hydrogens is 288 g/mol. The van der Waals surface area contributed by atoms with Crippen LogP contribution in [0, 0.1) is 0 Å². The molecule has 0 radical (unpaired) electrons. The zero-order valence-electron chi connectivity index (χ0n) is 11.9. The van der Waals surface area contributed by atoms with E-state index in [4.69, 9.17) is 4.74 Å². The molecule has 1 heterocycles. The fourth-order valence-electron chi connectivity index (χ4n) is 1.71. The Morgan fingerprint density at radius 2 is 2.19 bits per heavy atom. The largest absolute Gasteiger partial charge is 0.385 e. The maximum absolute atomic E-state index is 11.7. The van der Waals surface area contributed by atoms with Crippen LogP contribution >= 0.6 is 11.8 Å². The molecule has 1 aromatic heterocycles. The van der Waals surface area contributed by atoms with Crippen molar-refractivity contribution < 1.29 is 9.53 Å². The highest BCUT2D eigenvalue weighted by Gasteiger charge is 2.09. The van der Waals surface area contributed by atoms with Crippen LogP contribution in [0.1, 0.15) is 6.42 Å². The zero-order valence-corrected chi connectivity index (χ0v) is 12.7. The number of benzene rings is 1. The van der Waals surface area contributed by atoms with Crippen molar-refractivity contribution in [1.82, 2.24) is 20.1 Å². The van der Waals surface area contributed by atoms with Gasteiger partial charge in [0.2, 0.25) is 5.91 Å². The summed E-state index contributed by atoms with van der Waals surface area (Å²) in [6.07, 6.45) is 2.46. The van der Waals surface area contributed by atoms with E-state index in [1.54, 1.807) is 13.4 Å². The number of carbonyl (C=O) groups is 1. The molecule has 21 heavy (non-hydrogen) atoms. The highest BCUT2D eigenvalue weighted by molar-refractivity contribution is 7.99. The van der Waals surface area contributed by atoms with Crippen LogP contribution in [0.3, 0.4) is 0 Å². The Kier molecular flexibility index (Phi) is 6.23. The molecule has 2 rings (SSSR count). The molecule has 0 bridgehead atoms. The maximum atomic E-state index is 11.7. The highest BCUT2D eigenvalue weighted by Crippen LogP contribution is 2.18. The average Bonchev–Trinajstić information content (AvgIpc) is 2.99. The molecule has 6 nitrogen and oxygen atoms in total. The van der Waals surface area contributed by atoms with E-state index in [-0.39, 0.29) is 5.91 Å². The van der Waals surface area contributed by atoms with Crippen LogP contribution in [0.4, 0.5) is 0 Å². The van der Waals surface area contributed by atoms with Crippen molar-refractivity contribution in [1.29, 1.82) is 0 Å². The first-order valence-electron chi connectivity index (χ1n) is 6.65. The average molecular weight is 306 g/mol. The predicted octanol–water partition coefficient (Wildman–Crippen LogP) is 1.51. The summed E-state index contributed by atoms with van der Waals surface area (Å²) in [5, 5.41) is 11.5. The van der Waals surface area contributed by atoms with Crippen molar-refractivity contribution in [2.24, 2.45) is 0 Å². The van der Waals surface area contributed by atoms with Crippen LogP contribution in [0.2, 0.25) is 0 Å². The Morgan fingerprint density at radius 1 is 1.38 bits per heavy atom. The summed E-state index contributed by atoms with van der Waals surface area (Å²) in [5.74, 6) is 0.303.